The second kappa shape index (κ2) is 4.27. The standard InChI is InChI=1S/C13H14BrN3/c14-10-4-1-2-6-13(10)17-12-7-3-5-11(15)9(12)8-16-17/h1-2,4,6,8,11H,3,5,7,15H2. The van der Waals surface area contributed by atoms with E-state index in [4.69, 9.17) is 5.73 Å². The van der Waals surface area contributed by atoms with Crippen molar-refractivity contribution in [3.63, 3.8) is 0 Å². The van der Waals surface area contributed by atoms with Crippen molar-refractivity contribution in [2.75, 3.05) is 0 Å². The molecule has 88 valence electrons. The van der Waals surface area contributed by atoms with Crippen LogP contribution in [0.15, 0.2) is 34.9 Å². The molecule has 1 aromatic heterocycles. The van der Waals surface area contributed by atoms with Crippen molar-refractivity contribution in [3.05, 3.63) is 46.2 Å². The zero-order valence-corrected chi connectivity index (χ0v) is 11.0. The summed E-state index contributed by atoms with van der Waals surface area (Å²) in [4.78, 5) is 0. The molecule has 0 fully saturated rings. The van der Waals surface area contributed by atoms with Gasteiger partial charge in [-0.2, -0.15) is 5.10 Å². The molecule has 1 atom stereocenters. The number of halogens is 1. The normalized spacial score (nSPS) is 19.1. The molecule has 0 bridgehead atoms. The highest BCUT2D eigenvalue weighted by atomic mass is 79.9. The van der Waals surface area contributed by atoms with Crippen LogP contribution in [0, 0.1) is 0 Å². The van der Waals surface area contributed by atoms with Gasteiger partial charge in [-0.3, -0.25) is 0 Å². The van der Waals surface area contributed by atoms with Crippen LogP contribution in [0.1, 0.15) is 30.1 Å². The molecule has 0 radical (unpaired) electrons. The van der Waals surface area contributed by atoms with Gasteiger partial charge in [0, 0.05) is 21.8 Å². The van der Waals surface area contributed by atoms with Crippen LogP contribution in [0.4, 0.5) is 0 Å². The number of nitrogens with two attached hydrogens (primary N) is 1. The predicted molar refractivity (Wildman–Crippen MR) is 71.1 cm³/mol. The summed E-state index contributed by atoms with van der Waals surface area (Å²) in [6.45, 7) is 0. The summed E-state index contributed by atoms with van der Waals surface area (Å²) in [5, 5.41) is 4.49. The lowest BCUT2D eigenvalue weighted by molar-refractivity contribution is 0.558. The molecule has 0 aliphatic heterocycles. The third-order valence-electron chi connectivity index (χ3n) is 3.31. The first-order chi connectivity index (χ1) is 8.27. The monoisotopic (exact) mass is 291 g/mol. The number of nitrogens with zero attached hydrogens (tertiary/aromatic N) is 2. The smallest absolute Gasteiger partial charge is 0.0790 e. The SMILES string of the molecule is NC1CCCc2c1cnn2-c1ccccc1Br. The molecule has 0 saturated heterocycles. The first-order valence-electron chi connectivity index (χ1n) is 5.84. The van der Waals surface area contributed by atoms with Gasteiger partial charge in [0.2, 0.25) is 0 Å². The minimum absolute atomic E-state index is 0.148. The van der Waals surface area contributed by atoms with Crippen LogP contribution in [-0.4, -0.2) is 9.78 Å². The summed E-state index contributed by atoms with van der Waals surface area (Å²) < 4.78 is 3.07. The van der Waals surface area contributed by atoms with Crippen LogP contribution in [0.5, 0.6) is 0 Å². The van der Waals surface area contributed by atoms with Crippen molar-refractivity contribution >= 4 is 15.9 Å². The third kappa shape index (κ3) is 1.81. The fourth-order valence-corrected chi connectivity index (χ4v) is 2.88. The summed E-state index contributed by atoms with van der Waals surface area (Å²) in [6, 6.07) is 8.28. The molecular formula is C13H14BrN3. The van der Waals surface area contributed by atoms with Crippen LogP contribution >= 0.6 is 15.9 Å². The minimum Gasteiger partial charge on any atom is -0.324 e. The van der Waals surface area contributed by atoms with E-state index in [0.29, 0.717) is 0 Å². The molecule has 2 N–H and O–H groups in total. The van der Waals surface area contributed by atoms with Crippen molar-refractivity contribution in [1.82, 2.24) is 9.78 Å². The summed E-state index contributed by atoms with van der Waals surface area (Å²) in [7, 11) is 0. The molecule has 1 aromatic carbocycles. The molecule has 4 heteroatoms. The summed E-state index contributed by atoms with van der Waals surface area (Å²) in [5.74, 6) is 0. The largest absolute Gasteiger partial charge is 0.324 e. The van der Waals surface area contributed by atoms with Gasteiger partial charge in [0.1, 0.15) is 0 Å². The van der Waals surface area contributed by atoms with E-state index in [0.717, 1.165) is 29.4 Å². The molecule has 3 nitrogen and oxygen atoms in total. The van der Waals surface area contributed by atoms with E-state index in [1.54, 1.807) is 0 Å². The van der Waals surface area contributed by atoms with Crippen LogP contribution in [0.25, 0.3) is 5.69 Å². The molecular weight excluding hydrogens is 278 g/mol. The average Bonchev–Trinajstić information content (AvgIpc) is 2.75. The Hall–Kier alpha value is -1.13. The quantitative estimate of drug-likeness (QED) is 0.878. The molecule has 0 spiro atoms. The van der Waals surface area contributed by atoms with Gasteiger partial charge in [-0.1, -0.05) is 12.1 Å². The molecule has 0 saturated carbocycles. The number of fused-ring (bicyclic) bond motifs is 1. The van der Waals surface area contributed by atoms with Crippen molar-refractivity contribution < 1.29 is 0 Å². The second-order valence-corrected chi connectivity index (χ2v) is 5.26. The maximum absolute atomic E-state index is 6.11. The first kappa shape index (κ1) is 11.0. The van der Waals surface area contributed by atoms with E-state index in [2.05, 4.69) is 27.1 Å². The van der Waals surface area contributed by atoms with Gasteiger partial charge < -0.3 is 5.73 Å². The molecule has 3 rings (SSSR count). The van der Waals surface area contributed by atoms with Gasteiger partial charge in [0.15, 0.2) is 0 Å². The van der Waals surface area contributed by atoms with Crippen LogP contribution in [0.3, 0.4) is 0 Å². The maximum atomic E-state index is 6.11. The van der Waals surface area contributed by atoms with E-state index in [-0.39, 0.29) is 6.04 Å². The van der Waals surface area contributed by atoms with Crippen molar-refractivity contribution in [1.29, 1.82) is 0 Å². The van der Waals surface area contributed by atoms with E-state index >= 15 is 0 Å². The lowest BCUT2D eigenvalue weighted by Crippen LogP contribution is -2.18. The maximum Gasteiger partial charge on any atom is 0.0790 e. The van der Waals surface area contributed by atoms with Gasteiger partial charge in [-0.15, -0.1) is 0 Å². The molecule has 0 amide bonds. The molecule has 1 unspecified atom stereocenters. The minimum atomic E-state index is 0.148. The lowest BCUT2D eigenvalue weighted by atomic mass is 9.94. The average molecular weight is 292 g/mol. The number of rotatable bonds is 1. The zero-order chi connectivity index (χ0) is 11.8. The Kier molecular flexibility index (Phi) is 2.76. The summed E-state index contributed by atoms with van der Waals surface area (Å²) in [5.41, 5.74) is 9.66. The van der Waals surface area contributed by atoms with Crippen molar-refractivity contribution in [2.24, 2.45) is 5.73 Å². The zero-order valence-electron chi connectivity index (χ0n) is 9.44. The van der Waals surface area contributed by atoms with Crippen LogP contribution < -0.4 is 5.73 Å². The van der Waals surface area contributed by atoms with E-state index in [1.165, 1.54) is 11.3 Å². The van der Waals surface area contributed by atoms with Gasteiger partial charge in [0.25, 0.3) is 0 Å². The lowest BCUT2D eigenvalue weighted by Gasteiger charge is -2.19. The van der Waals surface area contributed by atoms with Gasteiger partial charge in [-0.05, 0) is 47.3 Å². The summed E-state index contributed by atoms with van der Waals surface area (Å²) >= 11 is 3.57. The number of hydrogen-bond donors (Lipinski definition) is 1. The van der Waals surface area contributed by atoms with E-state index in [1.807, 2.05) is 29.1 Å². The van der Waals surface area contributed by atoms with Crippen molar-refractivity contribution in [3.8, 4) is 5.69 Å². The Bertz CT molecular complexity index is 547. The third-order valence-corrected chi connectivity index (χ3v) is 3.98. The highest BCUT2D eigenvalue weighted by Gasteiger charge is 2.22. The fraction of sp³-hybridized carbons (Fsp3) is 0.308. The second-order valence-electron chi connectivity index (χ2n) is 4.41. The molecule has 17 heavy (non-hydrogen) atoms. The molecule has 2 aromatic rings. The van der Waals surface area contributed by atoms with E-state index in [9.17, 15) is 0 Å². The Morgan fingerprint density at radius 3 is 3.00 bits per heavy atom. The highest BCUT2D eigenvalue weighted by Crippen LogP contribution is 2.31. The van der Waals surface area contributed by atoms with Gasteiger partial charge in [-0.25, -0.2) is 4.68 Å². The summed E-state index contributed by atoms with van der Waals surface area (Å²) in [6.07, 6.45) is 5.18. The fourth-order valence-electron chi connectivity index (χ4n) is 2.42. The van der Waals surface area contributed by atoms with Crippen LogP contribution in [0.2, 0.25) is 0 Å². The first-order valence-corrected chi connectivity index (χ1v) is 6.64. The number of hydrogen-bond acceptors (Lipinski definition) is 2. The molecule has 1 aliphatic carbocycles. The van der Waals surface area contributed by atoms with Gasteiger partial charge >= 0.3 is 0 Å². The van der Waals surface area contributed by atoms with E-state index < -0.39 is 0 Å². The number of benzene rings is 1. The molecule has 1 heterocycles. The topological polar surface area (TPSA) is 43.8 Å². The Balaban J connectivity index is 2.14. The van der Waals surface area contributed by atoms with Gasteiger partial charge in [0.05, 0.1) is 11.9 Å². The number of aromatic nitrogens is 2. The Morgan fingerprint density at radius 2 is 2.18 bits per heavy atom. The van der Waals surface area contributed by atoms with Crippen LogP contribution in [-0.2, 0) is 6.42 Å². The molecule has 1 aliphatic rings. The highest BCUT2D eigenvalue weighted by molar-refractivity contribution is 9.10. The Labute approximate surface area is 109 Å². The Morgan fingerprint density at radius 1 is 1.35 bits per heavy atom. The predicted octanol–water partition coefficient (Wildman–Crippen LogP) is 2.97. The number of para-hydroxylation sites is 1. The van der Waals surface area contributed by atoms with Crippen molar-refractivity contribution in [2.45, 2.75) is 25.3 Å².